The molecule has 0 bridgehead atoms. The summed E-state index contributed by atoms with van der Waals surface area (Å²) >= 11 is 6.13. The predicted octanol–water partition coefficient (Wildman–Crippen LogP) is 3.60. The van der Waals surface area contributed by atoms with E-state index in [4.69, 9.17) is 25.8 Å². The number of benzene rings is 2. The highest BCUT2D eigenvalue weighted by atomic mass is 35.5. The van der Waals surface area contributed by atoms with Gasteiger partial charge in [-0.25, -0.2) is 0 Å². The van der Waals surface area contributed by atoms with Crippen molar-refractivity contribution < 1.29 is 14.2 Å². The van der Waals surface area contributed by atoms with Crippen molar-refractivity contribution >= 4 is 11.6 Å². The first kappa shape index (κ1) is 20.8. The molecule has 1 fully saturated rings. The second-order valence-electron chi connectivity index (χ2n) is 6.90. The van der Waals surface area contributed by atoms with Crippen molar-refractivity contribution in [3.05, 3.63) is 53.1 Å². The maximum absolute atomic E-state index is 6.13. The molecule has 0 atom stereocenters. The first-order chi connectivity index (χ1) is 13.7. The molecule has 2 aromatic rings. The molecule has 2 aromatic carbocycles. The maximum atomic E-state index is 6.13. The molecule has 0 N–H and O–H groups in total. The Hall–Kier alpha value is -1.95. The first-order valence-electron chi connectivity index (χ1n) is 9.72. The van der Waals surface area contributed by atoms with Crippen LogP contribution in [0, 0.1) is 0 Å². The highest BCUT2D eigenvalue weighted by molar-refractivity contribution is 6.32. The zero-order chi connectivity index (χ0) is 19.8. The second kappa shape index (κ2) is 10.6. The molecule has 1 aliphatic rings. The van der Waals surface area contributed by atoms with E-state index in [-0.39, 0.29) is 0 Å². The van der Waals surface area contributed by atoms with Gasteiger partial charge in [0.25, 0.3) is 0 Å². The fraction of sp³-hybridized carbons (Fsp3) is 0.455. The van der Waals surface area contributed by atoms with Crippen LogP contribution < -0.4 is 14.2 Å². The summed E-state index contributed by atoms with van der Waals surface area (Å²) in [5.41, 5.74) is 1.27. The number of para-hydroxylation sites is 1. The van der Waals surface area contributed by atoms with Gasteiger partial charge in [-0.2, -0.15) is 0 Å². The van der Waals surface area contributed by atoms with Crippen molar-refractivity contribution in [2.75, 3.05) is 60.1 Å². The van der Waals surface area contributed by atoms with Gasteiger partial charge in [0.1, 0.15) is 12.4 Å². The molecule has 0 unspecified atom stereocenters. The lowest BCUT2D eigenvalue weighted by Crippen LogP contribution is -2.47. The van der Waals surface area contributed by atoms with E-state index < -0.39 is 0 Å². The normalized spacial score (nSPS) is 15.4. The fourth-order valence-electron chi connectivity index (χ4n) is 3.41. The SMILES string of the molecule is COc1ccc(CCN2CCN(CCOc3ccccc3Cl)CC2)cc1OC. The first-order valence-corrected chi connectivity index (χ1v) is 10.1. The van der Waals surface area contributed by atoms with E-state index >= 15 is 0 Å². The molecule has 28 heavy (non-hydrogen) atoms. The molecule has 3 rings (SSSR count). The quantitative estimate of drug-likeness (QED) is 0.638. The summed E-state index contributed by atoms with van der Waals surface area (Å²) in [6, 6.07) is 13.8. The summed E-state index contributed by atoms with van der Waals surface area (Å²) < 4.78 is 16.5. The van der Waals surface area contributed by atoms with Gasteiger partial charge in [0, 0.05) is 39.3 Å². The van der Waals surface area contributed by atoms with Crippen molar-refractivity contribution in [2.24, 2.45) is 0 Å². The zero-order valence-corrected chi connectivity index (χ0v) is 17.5. The largest absolute Gasteiger partial charge is 0.493 e. The third-order valence-electron chi connectivity index (χ3n) is 5.13. The Morgan fingerprint density at radius 2 is 1.50 bits per heavy atom. The molecule has 0 aromatic heterocycles. The van der Waals surface area contributed by atoms with E-state index in [1.54, 1.807) is 14.2 Å². The number of halogens is 1. The van der Waals surface area contributed by atoms with Crippen LogP contribution in [0.2, 0.25) is 5.02 Å². The molecule has 1 heterocycles. The molecule has 6 heteroatoms. The summed E-state index contributed by atoms with van der Waals surface area (Å²) in [6.45, 7) is 6.94. The molecule has 1 aliphatic heterocycles. The van der Waals surface area contributed by atoms with Crippen LogP contribution in [0.5, 0.6) is 17.2 Å². The van der Waals surface area contributed by atoms with Gasteiger partial charge in [0.15, 0.2) is 11.5 Å². The van der Waals surface area contributed by atoms with Crippen molar-refractivity contribution in [2.45, 2.75) is 6.42 Å². The third-order valence-corrected chi connectivity index (χ3v) is 5.44. The van der Waals surface area contributed by atoms with Crippen LogP contribution in [0.15, 0.2) is 42.5 Å². The van der Waals surface area contributed by atoms with Crippen molar-refractivity contribution in [3.63, 3.8) is 0 Å². The van der Waals surface area contributed by atoms with Gasteiger partial charge >= 0.3 is 0 Å². The summed E-state index contributed by atoms with van der Waals surface area (Å²) in [5, 5.41) is 0.669. The second-order valence-corrected chi connectivity index (χ2v) is 7.31. The zero-order valence-electron chi connectivity index (χ0n) is 16.7. The van der Waals surface area contributed by atoms with E-state index in [0.717, 1.165) is 62.9 Å². The third kappa shape index (κ3) is 5.77. The lowest BCUT2D eigenvalue weighted by atomic mass is 10.1. The van der Waals surface area contributed by atoms with Crippen LogP contribution in [0.1, 0.15) is 5.56 Å². The summed E-state index contributed by atoms with van der Waals surface area (Å²) in [5.74, 6) is 2.33. The Balaban J connectivity index is 1.37. The topological polar surface area (TPSA) is 34.2 Å². The number of hydrogen-bond donors (Lipinski definition) is 0. The van der Waals surface area contributed by atoms with Crippen molar-refractivity contribution in [1.29, 1.82) is 0 Å². The van der Waals surface area contributed by atoms with Crippen LogP contribution in [0.4, 0.5) is 0 Å². The van der Waals surface area contributed by atoms with Crippen LogP contribution in [0.25, 0.3) is 0 Å². The van der Waals surface area contributed by atoms with Gasteiger partial charge in [0.2, 0.25) is 0 Å². The number of ether oxygens (including phenoxy) is 3. The van der Waals surface area contributed by atoms with Gasteiger partial charge in [-0.1, -0.05) is 29.8 Å². The molecule has 0 aliphatic carbocycles. The fourth-order valence-corrected chi connectivity index (χ4v) is 3.60. The molecule has 5 nitrogen and oxygen atoms in total. The Morgan fingerprint density at radius 3 is 2.18 bits per heavy atom. The van der Waals surface area contributed by atoms with Gasteiger partial charge in [-0.05, 0) is 36.2 Å². The van der Waals surface area contributed by atoms with Gasteiger partial charge in [0.05, 0.1) is 19.2 Å². The predicted molar refractivity (Wildman–Crippen MR) is 113 cm³/mol. The van der Waals surface area contributed by atoms with Crippen molar-refractivity contribution in [1.82, 2.24) is 9.80 Å². The molecule has 0 spiro atoms. The number of rotatable bonds is 9. The minimum atomic E-state index is 0.662. The molecule has 0 saturated carbocycles. The summed E-state index contributed by atoms with van der Waals surface area (Å²) in [6.07, 6.45) is 1.01. The number of methoxy groups -OCH3 is 2. The Labute approximate surface area is 172 Å². The molecular weight excluding hydrogens is 376 g/mol. The van der Waals surface area contributed by atoms with Crippen LogP contribution in [0.3, 0.4) is 0 Å². The smallest absolute Gasteiger partial charge is 0.160 e. The average molecular weight is 405 g/mol. The average Bonchev–Trinajstić information content (AvgIpc) is 2.74. The lowest BCUT2D eigenvalue weighted by Gasteiger charge is -2.34. The van der Waals surface area contributed by atoms with E-state index in [1.165, 1.54) is 5.56 Å². The lowest BCUT2D eigenvalue weighted by molar-refractivity contribution is 0.118. The van der Waals surface area contributed by atoms with E-state index in [1.807, 2.05) is 30.3 Å². The van der Waals surface area contributed by atoms with Crippen molar-refractivity contribution in [3.8, 4) is 17.2 Å². The highest BCUT2D eigenvalue weighted by Gasteiger charge is 2.17. The Bertz CT molecular complexity index is 748. The minimum Gasteiger partial charge on any atom is -0.493 e. The van der Waals surface area contributed by atoms with E-state index in [0.29, 0.717) is 11.6 Å². The highest BCUT2D eigenvalue weighted by Crippen LogP contribution is 2.27. The standard InChI is InChI=1S/C22H29ClN2O3/c1-26-21-8-7-18(17-22(21)27-2)9-10-24-11-13-25(14-12-24)15-16-28-20-6-4-3-5-19(20)23/h3-8,17H,9-16H2,1-2H3. The molecule has 0 radical (unpaired) electrons. The molecule has 152 valence electrons. The van der Waals surface area contributed by atoms with Crippen LogP contribution in [-0.2, 0) is 6.42 Å². The molecular formula is C22H29ClN2O3. The van der Waals surface area contributed by atoms with Crippen LogP contribution >= 0.6 is 11.6 Å². The maximum Gasteiger partial charge on any atom is 0.160 e. The summed E-state index contributed by atoms with van der Waals surface area (Å²) in [7, 11) is 3.34. The monoisotopic (exact) mass is 404 g/mol. The van der Waals surface area contributed by atoms with E-state index in [2.05, 4.69) is 21.9 Å². The number of hydrogen-bond acceptors (Lipinski definition) is 5. The van der Waals surface area contributed by atoms with Gasteiger partial charge in [-0.3, -0.25) is 4.90 Å². The minimum absolute atomic E-state index is 0.662. The van der Waals surface area contributed by atoms with Crippen LogP contribution in [-0.4, -0.2) is 69.9 Å². The number of nitrogens with zero attached hydrogens (tertiary/aromatic N) is 2. The number of piperazine rings is 1. The Kier molecular flexibility index (Phi) is 7.83. The van der Waals surface area contributed by atoms with Gasteiger partial charge < -0.3 is 19.1 Å². The van der Waals surface area contributed by atoms with Gasteiger partial charge in [-0.15, -0.1) is 0 Å². The summed E-state index contributed by atoms with van der Waals surface area (Å²) in [4.78, 5) is 4.96. The molecule has 0 amide bonds. The molecule has 1 saturated heterocycles. The Morgan fingerprint density at radius 1 is 0.821 bits per heavy atom. The van der Waals surface area contributed by atoms with E-state index in [9.17, 15) is 0 Å².